The van der Waals surface area contributed by atoms with E-state index >= 15 is 0 Å². The van der Waals surface area contributed by atoms with Crippen molar-refractivity contribution in [3.8, 4) is 0 Å². The van der Waals surface area contributed by atoms with Crippen molar-refractivity contribution in [2.24, 2.45) is 4.99 Å². The monoisotopic (exact) mass is 351 g/mol. The summed E-state index contributed by atoms with van der Waals surface area (Å²) in [6, 6.07) is 1.92. The number of rotatable bonds is 3. The molecule has 1 heterocycles. The molecule has 0 saturated carbocycles. The standard InChI is InChI=1S/C11H21N5.HI/c1-11(2,3)15-10(12-4)13-7-9-16-8-5-6-14-16;/h5-6,8H,7,9H2,1-4H3,(H2,12,13,15);1H. The first kappa shape index (κ1) is 16.2. The van der Waals surface area contributed by atoms with Crippen LogP contribution in [-0.4, -0.2) is 34.9 Å². The Labute approximate surface area is 120 Å². The Hall–Kier alpha value is -0.790. The summed E-state index contributed by atoms with van der Waals surface area (Å²) in [7, 11) is 1.77. The van der Waals surface area contributed by atoms with Crippen LogP contribution in [0.5, 0.6) is 0 Å². The molecule has 5 nitrogen and oxygen atoms in total. The Morgan fingerprint density at radius 3 is 2.59 bits per heavy atom. The second kappa shape index (κ2) is 7.52. The van der Waals surface area contributed by atoms with Crippen LogP contribution in [0.3, 0.4) is 0 Å². The highest BCUT2D eigenvalue weighted by Gasteiger charge is 2.11. The molecule has 98 valence electrons. The van der Waals surface area contributed by atoms with Gasteiger partial charge in [-0.1, -0.05) is 0 Å². The van der Waals surface area contributed by atoms with Gasteiger partial charge in [-0.15, -0.1) is 24.0 Å². The molecule has 6 heteroatoms. The Kier molecular flexibility index (Phi) is 7.17. The van der Waals surface area contributed by atoms with Gasteiger partial charge in [0.25, 0.3) is 0 Å². The zero-order valence-electron chi connectivity index (χ0n) is 10.9. The SMILES string of the molecule is CN=C(NCCn1cccn1)NC(C)(C)C.I. The minimum atomic E-state index is 0. The minimum absolute atomic E-state index is 0. The van der Waals surface area contributed by atoms with Crippen molar-refractivity contribution in [3.05, 3.63) is 18.5 Å². The first-order valence-electron chi connectivity index (χ1n) is 5.47. The Balaban J connectivity index is 0.00000256. The van der Waals surface area contributed by atoms with Gasteiger partial charge in [-0.2, -0.15) is 5.10 Å². The van der Waals surface area contributed by atoms with Crippen molar-refractivity contribution in [3.63, 3.8) is 0 Å². The predicted octanol–water partition coefficient (Wildman–Crippen LogP) is 1.46. The number of guanidine groups is 1. The number of hydrogen-bond acceptors (Lipinski definition) is 2. The van der Waals surface area contributed by atoms with Gasteiger partial charge in [0.1, 0.15) is 0 Å². The third-order valence-corrected chi connectivity index (χ3v) is 1.91. The van der Waals surface area contributed by atoms with Crippen LogP contribution in [0.1, 0.15) is 20.8 Å². The first-order valence-corrected chi connectivity index (χ1v) is 5.47. The van der Waals surface area contributed by atoms with Crippen molar-refractivity contribution < 1.29 is 0 Å². The van der Waals surface area contributed by atoms with Crippen LogP contribution in [0.15, 0.2) is 23.5 Å². The number of aromatic nitrogens is 2. The maximum atomic E-state index is 4.16. The smallest absolute Gasteiger partial charge is 0.191 e. The molecule has 0 atom stereocenters. The third-order valence-electron chi connectivity index (χ3n) is 1.91. The van der Waals surface area contributed by atoms with Gasteiger partial charge >= 0.3 is 0 Å². The van der Waals surface area contributed by atoms with E-state index in [4.69, 9.17) is 0 Å². The molecule has 0 saturated heterocycles. The molecule has 0 amide bonds. The fraction of sp³-hybridized carbons (Fsp3) is 0.636. The zero-order chi connectivity index (χ0) is 12.0. The average molecular weight is 351 g/mol. The molecule has 1 rings (SSSR count). The lowest BCUT2D eigenvalue weighted by atomic mass is 10.1. The van der Waals surface area contributed by atoms with E-state index < -0.39 is 0 Å². The molecule has 0 aliphatic heterocycles. The summed E-state index contributed by atoms with van der Waals surface area (Å²) in [5, 5.41) is 10.7. The minimum Gasteiger partial charge on any atom is -0.355 e. The molecule has 0 spiro atoms. The van der Waals surface area contributed by atoms with Crippen LogP contribution in [-0.2, 0) is 6.54 Å². The highest BCUT2D eigenvalue weighted by atomic mass is 127. The van der Waals surface area contributed by atoms with E-state index in [2.05, 4.69) is 41.5 Å². The third kappa shape index (κ3) is 7.19. The molecule has 0 unspecified atom stereocenters. The van der Waals surface area contributed by atoms with Crippen LogP contribution in [0.25, 0.3) is 0 Å². The molecule has 0 aliphatic carbocycles. The second-order valence-corrected chi connectivity index (χ2v) is 4.64. The van der Waals surface area contributed by atoms with E-state index in [1.54, 1.807) is 13.2 Å². The van der Waals surface area contributed by atoms with Crippen LogP contribution in [0.4, 0.5) is 0 Å². The Bertz CT molecular complexity index is 326. The van der Waals surface area contributed by atoms with E-state index in [0.29, 0.717) is 0 Å². The predicted molar refractivity (Wildman–Crippen MR) is 81.9 cm³/mol. The topological polar surface area (TPSA) is 54.2 Å². The van der Waals surface area contributed by atoms with Gasteiger partial charge in [0.15, 0.2) is 5.96 Å². The van der Waals surface area contributed by atoms with Crippen molar-refractivity contribution in [1.82, 2.24) is 20.4 Å². The van der Waals surface area contributed by atoms with Gasteiger partial charge in [0.05, 0.1) is 6.54 Å². The van der Waals surface area contributed by atoms with Crippen LogP contribution >= 0.6 is 24.0 Å². The van der Waals surface area contributed by atoms with Gasteiger partial charge in [0, 0.05) is 31.5 Å². The first-order chi connectivity index (χ1) is 7.51. The number of aliphatic imine (C=N–C) groups is 1. The lowest BCUT2D eigenvalue weighted by Gasteiger charge is -2.23. The highest BCUT2D eigenvalue weighted by Crippen LogP contribution is 1.97. The van der Waals surface area contributed by atoms with Crippen LogP contribution < -0.4 is 10.6 Å². The summed E-state index contributed by atoms with van der Waals surface area (Å²) < 4.78 is 1.89. The highest BCUT2D eigenvalue weighted by molar-refractivity contribution is 14.0. The van der Waals surface area contributed by atoms with Crippen LogP contribution in [0.2, 0.25) is 0 Å². The van der Waals surface area contributed by atoms with Crippen LogP contribution in [0, 0.1) is 0 Å². The molecule has 0 fully saturated rings. The number of nitrogens with zero attached hydrogens (tertiary/aromatic N) is 3. The molecule has 2 N–H and O–H groups in total. The molecule has 0 aliphatic rings. The van der Waals surface area contributed by atoms with Crippen molar-refractivity contribution in [1.29, 1.82) is 0 Å². The summed E-state index contributed by atoms with van der Waals surface area (Å²) >= 11 is 0. The molecule has 0 radical (unpaired) electrons. The fourth-order valence-electron chi connectivity index (χ4n) is 1.26. The van der Waals surface area contributed by atoms with Crippen molar-refractivity contribution >= 4 is 29.9 Å². The zero-order valence-corrected chi connectivity index (χ0v) is 13.2. The molecule has 17 heavy (non-hydrogen) atoms. The number of nitrogens with one attached hydrogen (secondary N) is 2. The van der Waals surface area contributed by atoms with E-state index in [-0.39, 0.29) is 29.5 Å². The van der Waals surface area contributed by atoms with Crippen molar-refractivity contribution in [2.75, 3.05) is 13.6 Å². The average Bonchev–Trinajstić information content (AvgIpc) is 2.67. The van der Waals surface area contributed by atoms with Gasteiger partial charge in [-0.25, -0.2) is 0 Å². The summed E-state index contributed by atoms with van der Waals surface area (Å²) in [4.78, 5) is 4.16. The molecule has 0 bridgehead atoms. The number of hydrogen-bond donors (Lipinski definition) is 2. The fourth-order valence-corrected chi connectivity index (χ4v) is 1.26. The molecule has 1 aromatic rings. The van der Waals surface area contributed by atoms with E-state index in [9.17, 15) is 0 Å². The molecular weight excluding hydrogens is 329 g/mol. The normalized spacial score (nSPS) is 11.9. The summed E-state index contributed by atoms with van der Waals surface area (Å²) in [5.74, 6) is 0.819. The lowest BCUT2D eigenvalue weighted by Crippen LogP contribution is -2.48. The Morgan fingerprint density at radius 1 is 1.41 bits per heavy atom. The second-order valence-electron chi connectivity index (χ2n) is 4.64. The summed E-state index contributed by atoms with van der Waals surface area (Å²) in [6.45, 7) is 7.95. The number of halogens is 1. The maximum absolute atomic E-state index is 4.16. The Morgan fingerprint density at radius 2 is 2.12 bits per heavy atom. The van der Waals surface area contributed by atoms with Crippen molar-refractivity contribution in [2.45, 2.75) is 32.9 Å². The van der Waals surface area contributed by atoms with Gasteiger partial charge < -0.3 is 10.6 Å². The van der Waals surface area contributed by atoms with Gasteiger partial charge in [-0.05, 0) is 26.8 Å². The van der Waals surface area contributed by atoms with Gasteiger partial charge in [-0.3, -0.25) is 9.67 Å². The quantitative estimate of drug-likeness (QED) is 0.493. The maximum Gasteiger partial charge on any atom is 0.191 e. The van der Waals surface area contributed by atoms with E-state index in [0.717, 1.165) is 19.0 Å². The van der Waals surface area contributed by atoms with Gasteiger partial charge in [0.2, 0.25) is 0 Å². The summed E-state index contributed by atoms with van der Waals surface area (Å²) in [5.41, 5.74) is 0.0214. The lowest BCUT2D eigenvalue weighted by molar-refractivity contribution is 0.497. The molecule has 0 aromatic carbocycles. The van der Waals surface area contributed by atoms with E-state index in [1.807, 2.05) is 16.9 Å². The van der Waals surface area contributed by atoms with E-state index in [1.165, 1.54) is 0 Å². The molecule has 1 aromatic heterocycles. The molecular formula is C11H22IN5. The largest absolute Gasteiger partial charge is 0.355 e. The summed E-state index contributed by atoms with van der Waals surface area (Å²) in [6.07, 6.45) is 3.73.